The van der Waals surface area contributed by atoms with Gasteiger partial charge >= 0.3 is 0 Å². The highest BCUT2D eigenvalue weighted by Crippen LogP contribution is 2.33. The highest BCUT2D eigenvalue weighted by molar-refractivity contribution is 9.11. The van der Waals surface area contributed by atoms with Gasteiger partial charge in [0.1, 0.15) is 6.61 Å². The van der Waals surface area contributed by atoms with Crippen LogP contribution in [-0.4, -0.2) is 18.7 Å². The summed E-state index contributed by atoms with van der Waals surface area (Å²) in [4.78, 5) is 12.1. The number of anilines is 1. The Morgan fingerprint density at radius 1 is 1.68 bits per heavy atom. The van der Waals surface area contributed by atoms with Gasteiger partial charge in [-0.1, -0.05) is 6.92 Å². The van der Waals surface area contributed by atoms with Crippen LogP contribution in [0.4, 0.5) is 5.69 Å². The molecule has 1 unspecified atom stereocenters. The molecular formula is C13H18BrN5O2S. The number of thiophene rings is 1. The van der Waals surface area contributed by atoms with Crippen LogP contribution in [0.2, 0.25) is 0 Å². The van der Waals surface area contributed by atoms with Crippen molar-refractivity contribution in [3.05, 3.63) is 26.7 Å². The Morgan fingerprint density at radius 2 is 2.41 bits per heavy atom. The third kappa shape index (κ3) is 5.57. The van der Waals surface area contributed by atoms with Gasteiger partial charge in [0.15, 0.2) is 5.88 Å². The van der Waals surface area contributed by atoms with Crippen LogP contribution < -0.4 is 11.1 Å². The molecule has 1 atom stereocenters. The molecule has 120 valence electrons. The van der Waals surface area contributed by atoms with Crippen molar-refractivity contribution < 1.29 is 9.53 Å². The maximum absolute atomic E-state index is 12.1. The number of nitrogens with one attached hydrogen (secondary N) is 3. The third-order valence-corrected chi connectivity index (χ3v) is 4.70. The number of amides is 1. The van der Waals surface area contributed by atoms with Crippen molar-refractivity contribution in [3.8, 4) is 0 Å². The molecule has 1 aromatic heterocycles. The van der Waals surface area contributed by atoms with E-state index in [9.17, 15) is 4.79 Å². The van der Waals surface area contributed by atoms with E-state index in [1.807, 2.05) is 5.38 Å². The zero-order valence-electron chi connectivity index (χ0n) is 12.1. The Morgan fingerprint density at radius 3 is 3.05 bits per heavy atom. The second-order valence-corrected chi connectivity index (χ2v) is 6.68. The van der Waals surface area contributed by atoms with E-state index in [4.69, 9.17) is 21.4 Å². The van der Waals surface area contributed by atoms with Crippen LogP contribution in [-0.2, 0) is 16.1 Å². The molecule has 0 saturated carbocycles. The zero-order chi connectivity index (χ0) is 16.5. The Kier molecular flexibility index (Phi) is 7.75. The number of hydrogen-bond donors (Lipinski definition) is 4. The smallest absolute Gasteiger partial charge is 0.227 e. The number of carbonyl (C=O) groups excluding carboxylic acids is 1. The van der Waals surface area contributed by atoms with E-state index in [1.54, 1.807) is 6.92 Å². The van der Waals surface area contributed by atoms with Crippen molar-refractivity contribution >= 4 is 45.1 Å². The topological polar surface area (TPSA) is 124 Å². The summed E-state index contributed by atoms with van der Waals surface area (Å²) in [5, 5.41) is 14.8. The standard InChI is InChI=1S/C13H18BrN5O2S/c1-8(3-5-18-17)13(20)19-10-7-22-12(14)9(10)6-21-11(16)2-4-15/h2,4,7-8,15,17H,3,5-6,16H2,1H3,(H,19,20). The van der Waals surface area contributed by atoms with Gasteiger partial charge in [-0.05, 0) is 22.4 Å². The maximum atomic E-state index is 12.1. The van der Waals surface area contributed by atoms with E-state index in [0.717, 1.165) is 15.6 Å². The second kappa shape index (κ2) is 9.31. The highest BCUT2D eigenvalue weighted by Gasteiger charge is 2.17. The predicted molar refractivity (Wildman–Crippen MR) is 90.3 cm³/mol. The number of nitrogens with two attached hydrogens (primary N) is 1. The van der Waals surface area contributed by atoms with Crippen LogP contribution in [0.5, 0.6) is 0 Å². The van der Waals surface area contributed by atoms with Crippen molar-refractivity contribution in [2.75, 3.05) is 11.9 Å². The average molecular weight is 388 g/mol. The number of nitrogens with zero attached hydrogens (tertiary/aromatic N) is 1. The molecular weight excluding hydrogens is 370 g/mol. The van der Waals surface area contributed by atoms with Crippen molar-refractivity contribution in [1.29, 1.82) is 10.9 Å². The molecule has 1 rings (SSSR count). The molecule has 0 radical (unpaired) electrons. The van der Waals surface area contributed by atoms with E-state index in [-0.39, 0.29) is 24.3 Å². The number of halogens is 1. The molecule has 0 bridgehead atoms. The first kappa shape index (κ1) is 18.3. The molecule has 0 fully saturated rings. The van der Waals surface area contributed by atoms with Gasteiger partial charge in [0.2, 0.25) is 5.91 Å². The predicted octanol–water partition coefficient (Wildman–Crippen LogP) is 3.47. The number of ether oxygens (including phenoxy) is 1. The van der Waals surface area contributed by atoms with Gasteiger partial charge in [-0.15, -0.1) is 11.3 Å². The van der Waals surface area contributed by atoms with Gasteiger partial charge in [-0.25, -0.2) is 5.53 Å². The van der Waals surface area contributed by atoms with E-state index < -0.39 is 0 Å². The van der Waals surface area contributed by atoms with Gasteiger partial charge in [0.05, 0.1) is 16.0 Å². The lowest BCUT2D eigenvalue weighted by molar-refractivity contribution is -0.119. The summed E-state index contributed by atoms with van der Waals surface area (Å²) < 4.78 is 6.17. The quantitative estimate of drug-likeness (QED) is 0.294. The summed E-state index contributed by atoms with van der Waals surface area (Å²) in [6, 6.07) is 0. The fourth-order valence-electron chi connectivity index (χ4n) is 1.53. The summed E-state index contributed by atoms with van der Waals surface area (Å²) in [5.74, 6) is -0.224. The lowest BCUT2D eigenvalue weighted by Gasteiger charge is -2.12. The number of hydrogen-bond acceptors (Lipinski definition) is 7. The third-order valence-electron chi connectivity index (χ3n) is 2.85. The Labute approximate surface area is 141 Å². The SMILES string of the molecule is CC(CCN=N)C(=O)Nc1csc(Br)c1COC(N)=CC=N. The molecule has 0 aliphatic heterocycles. The molecule has 1 heterocycles. The van der Waals surface area contributed by atoms with Crippen molar-refractivity contribution in [3.63, 3.8) is 0 Å². The molecule has 0 aromatic carbocycles. The summed E-state index contributed by atoms with van der Waals surface area (Å²) in [6.07, 6.45) is 2.91. The van der Waals surface area contributed by atoms with Gasteiger partial charge in [-0.2, -0.15) is 5.11 Å². The Bertz CT molecular complexity index is 573. The minimum absolute atomic E-state index is 0.127. The van der Waals surface area contributed by atoms with Crippen LogP contribution >= 0.6 is 27.3 Å². The summed E-state index contributed by atoms with van der Waals surface area (Å²) in [5.41, 5.74) is 13.8. The normalized spacial score (nSPS) is 12.5. The fraction of sp³-hybridized carbons (Fsp3) is 0.385. The molecule has 1 amide bonds. The summed E-state index contributed by atoms with van der Waals surface area (Å²) in [6.45, 7) is 2.32. The molecule has 5 N–H and O–H groups in total. The van der Waals surface area contributed by atoms with Gasteiger partial charge < -0.3 is 21.2 Å². The van der Waals surface area contributed by atoms with E-state index in [0.29, 0.717) is 18.7 Å². The Hall–Kier alpha value is -1.74. The summed E-state index contributed by atoms with van der Waals surface area (Å²) in [7, 11) is 0. The maximum Gasteiger partial charge on any atom is 0.227 e. The largest absolute Gasteiger partial charge is 0.474 e. The minimum atomic E-state index is -0.232. The molecule has 22 heavy (non-hydrogen) atoms. The van der Waals surface area contributed by atoms with E-state index >= 15 is 0 Å². The zero-order valence-corrected chi connectivity index (χ0v) is 14.5. The van der Waals surface area contributed by atoms with Crippen molar-refractivity contribution in [2.45, 2.75) is 20.0 Å². The van der Waals surface area contributed by atoms with Crippen LogP contribution in [0, 0.1) is 16.9 Å². The van der Waals surface area contributed by atoms with Gasteiger partial charge in [0, 0.05) is 29.2 Å². The lowest BCUT2D eigenvalue weighted by Crippen LogP contribution is -2.21. The van der Waals surface area contributed by atoms with Crippen molar-refractivity contribution in [2.24, 2.45) is 16.8 Å². The molecule has 0 spiro atoms. The monoisotopic (exact) mass is 387 g/mol. The lowest BCUT2D eigenvalue weighted by atomic mass is 10.1. The first-order chi connectivity index (χ1) is 10.5. The van der Waals surface area contributed by atoms with Gasteiger partial charge in [0.25, 0.3) is 0 Å². The van der Waals surface area contributed by atoms with Crippen molar-refractivity contribution in [1.82, 2.24) is 0 Å². The fourth-order valence-corrected chi connectivity index (χ4v) is 2.87. The average Bonchev–Trinajstić information content (AvgIpc) is 2.83. The highest BCUT2D eigenvalue weighted by atomic mass is 79.9. The summed E-state index contributed by atoms with van der Waals surface area (Å²) >= 11 is 4.85. The number of carbonyl (C=O) groups is 1. The molecule has 9 heteroatoms. The number of allylic oxidation sites excluding steroid dienone is 1. The Balaban J connectivity index is 2.71. The first-order valence-electron chi connectivity index (χ1n) is 6.48. The van der Waals surface area contributed by atoms with Crippen LogP contribution in [0.25, 0.3) is 0 Å². The van der Waals surface area contributed by atoms with Gasteiger partial charge in [-0.3, -0.25) is 4.79 Å². The second-order valence-electron chi connectivity index (χ2n) is 4.49. The minimum Gasteiger partial charge on any atom is -0.474 e. The van der Waals surface area contributed by atoms with Crippen LogP contribution in [0.3, 0.4) is 0 Å². The molecule has 1 aromatic rings. The molecule has 0 aliphatic rings. The molecule has 0 aliphatic carbocycles. The first-order valence-corrected chi connectivity index (χ1v) is 8.15. The van der Waals surface area contributed by atoms with Crippen LogP contribution in [0.1, 0.15) is 18.9 Å². The molecule has 7 nitrogen and oxygen atoms in total. The molecule has 0 saturated heterocycles. The van der Waals surface area contributed by atoms with E-state index in [1.165, 1.54) is 17.4 Å². The number of rotatable bonds is 9. The van der Waals surface area contributed by atoms with Crippen LogP contribution in [0.15, 0.2) is 26.2 Å². The van der Waals surface area contributed by atoms with E-state index in [2.05, 4.69) is 26.4 Å².